The first kappa shape index (κ1) is 23.4. The summed E-state index contributed by atoms with van der Waals surface area (Å²) in [5.74, 6) is 0. The fourth-order valence-corrected chi connectivity index (χ4v) is 4.72. The van der Waals surface area contributed by atoms with Crippen LogP contribution < -0.4 is 15.5 Å². The molecule has 0 bridgehead atoms. The minimum absolute atomic E-state index is 0.0112. The van der Waals surface area contributed by atoms with Crippen LogP contribution >= 0.6 is 15.9 Å². The van der Waals surface area contributed by atoms with Crippen LogP contribution in [0.2, 0.25) is 0 Å². The number of hydrogen-bond acceptors (Lipinski definition) is 6. The Labute approximate surface area is 202 Å². The molecule has 8 nitrogen and oxygen atoms in total. The maximum absolute atomic E-state index is 12.3. The maximum Gasteiger partial charge on any atom is 0.407 e. The summed E-state index contributed by atoms with van der Waals surface area (Å²) in [5.41, 5.74) is 4.52. The molecular weight excluding hydrogens is 484 g/mol. The predicted octanol–water partition coefficient (Wildman–Crippen LogP) is 5.13. The number of anilines is 2. The van der Waals surface area contributed by atoms with Gasteiger partial charge in [0, 0.05) is 50.0 Å². The van der Waals surface area contributed by atoms with Gasteiger partial charge in [-0.25, -0.2) is 9.78 Å². The van der Waals surface area contributed by atoms with E-state index in [1.807, 2.05) is 52.4 Å². The summed E-state index contributed by atoms with van der Waals surface area (Å²) in [6, 6.07) is 4.04. The molecule has 3 N–H and O–H groups in total. The number of piperidine rings is 1. The molecule has 1 atom stereocenters. The van der Waals surface area contributed by atoms with Gasteiger partial charge in [0.1, 0.15) is 11.2 Å². The highest BCUT2D eigenvalue weighted by atomic mass is 79.9. The Morgan fingerprint density at radius 1 is 1.36 bits per heavy atom. The zero-order valence-corrected chi connectivity index (χ0v) is 21.1. The zero-order valence-electron chi connectivity index (χ0n) is 19.5. The number of aryl methyl sites for hydroxylation is 1. The van der Waals surface area contributed by atoms with Crippen LogP contribution in [0.1, 0.15) is 44.9 Å². The summed E-state index contributed by atoms with van der Waals surface area (Å²) in [6.45, 7) is 9.90. The Hall–Kier alpha value is -2.81. The molecule has 33 heavy (non-hydrogen) atoms. The zero-order chi connectivity index (χ0) is 23.6. The predicted molar refractivity (Wildman–Crippen MR) is 135 cm³/mol. The van der Waals surface area contributed by atoms with Gasteiger partial charge in [0.25, 0.3) is 0 Å². The van der Waals surface area contributed by atoms with Crippen molar-refractivity contribution in [3.63, 3.8) is 0 Å². The average molecular weight is 515 g/mol. The summed E-state index contributed by atoms with van der Waals surface area (Å²) in [5, 5.41) is 7.62. The number of alkyl carbamates (subject to hydrolysis) is 1. The van der Waals surface area contributed by atoms with Crippen LogP contribution in [0.15, 0.2) is 35.2 Å². The third-order valence-electron chi connectivity index (χ3n) is 5.67. The first-order chi connectivity index (χ1) is 15.7. The molecule has 0 aliphatic carbocycles. The Bertz CT molecular complexity index is 1140. The van der Waals surface area contributed by atoms with Gasteiger partial charge in [-0.15, -0.1) is 0 Å². The number of hydrogen-bond donors (Lipinski definition) is 3. The van der Waals surface area contributed by atoms with Gasteiger partial charge in [-0.1, -0.05) is 6.07 Å². The van der Waals surface area contributed by atoms with Crippen LogP contribution in [0.25, 0.3) is 11.0 Å². The van der Waals surface area contributed by atoms with Crippen molar-refractivity contribution in [3.8, 4) is 0 Å². The number of carbonyl (C=O) groups is 1. The Morgan fingerprint density at radius 3 is 2.94 bits per heavy atom. The number of aromatic nitrogens is 3. The molecule has 0 unspecified atom stereocenters. The lowest BCUT2D eigenvalue weighted by Crippen LogP contribution is -2.49. The third kappa shape index (κ3) is 5.58. The Kier molecular flexibility index (Phi) is 6.78. The molecule has 4 heterocycles. The number of nitrogens with zero attached hydrogens (tertiary/aromatic N) is 3. The fourth-order valence-electron chi connectivity index (χ4n) is 4.17. The number of rotatable bonds is 5. The molecule has 1 amide bonds. The largest absolute Gasteiger partial charge is 0.444 e. The first-order valence-electron chi connectivity index (χ1n) is 11.3. The summed E-state index contributed by atoms with van der Waals surface area (Å²) >= 11 is 3.72. The summed E-state index contributed by atoms with van der Waals surface area (Å²) < 4.78 is 6.38. The lowest BCUT2D eigenvalue weighted by Gasteiger charge is -2.36. The second kappa shape index (κ2) is 9.59. The van der Waals surface area contributed by atoms with Gasteiger partial charge in [-0.05, 0) is 68.1 Å². The molecular formula is C24H31BrN6O2. The highest BCUT2D eigenvalue weighted by Gasteiger charge is 2.27. The van der Waals surface area contributed by atoms with Crippen LogP contribution in [0, 0.1) is 6.92 Å². The molecule has 1 aliphatic heterocycles. The topological polar surface area (TPSA) is 95.2 Å². The molecule has 1 saturated heterocycles. The lowest BCUT2D eigenvalue weighted by molar-refractivity contribution is 0.0500. The molecule has 176 valence electrons. The second-order valence-corrected chi connectivity index (χ2v) is 10.3. The normalized spacial score (nSPS) is 16.6. The quantitative estimate of drug-likeness (QED) is 0.436. The van der Waals surface area contributed by atoms with Crippen molar-refractivity contribution in [3.05, 3.63) is 46.5 Å². The highest BCUT2D eigenvalue weighted by molar-refractivity contribution is 9.10. The number of H-pyrrole nitrogens is 1. The van der Waals surface area contributed by atoms with Crippen molar-refractivity contribution in [2.24, 2.45) is 0 Å². The first-order valence-corrected chi connectivity index (χ1v) is 12.0. The van der Waals surface area contributed by atoms with E-state index in [2.05, 4.69) is 52.5 Å². The van der Waals surface area contributed by atoms with Crippen molar-refractivity contribution in [1.82, 2.24) is 20.3 Å². The van der Waals surface area contributed by atoms with Crippen LogP contribution in [-0.2, 0) is 11.3 Å². The lowest BCUT2D eigenvalue weighted by atomic mass is 10.0. The molecule has 1 aliphatic rings. The van der Waals surface area contributed by atoms with Crippen LogP contribution in [0.4, 0.5) is 16.2 Å². The highest BCUT2D eigenvalue weighted by Crippen LogP contribution is 2.39. The van der Waals surface area contributed by atoms with E-state index >= 15 is 0 Å². The third-order valence-corrected chi connectivity index (χ3v) is 6.25. The van der Waals surface area contributed by atoms with Gasteiger partial charge >= 0.3 is 6.09 Å². The number of fused-ring (bicyclic) bond motifs is 1. The van der Waals surface area contributed by atoms with E-state index in [1.165, 1.54) is 0 Å². The van der Waals surface area contributed by atoms with E-state index in [-0.39, 0.29) is 12.1 Å². The summed E-state index contributed by atoms with van der Waals surface area (Å²) in [6.07, 6.45) is 7.11. The SMILES string of the molecule is Cc1ncccc1CNc1c[nH]c2ncc(Br)c(N3CCC[C@@H](NC(=O)OC(C)(C)C)C3)c12. The number of aromatic amines is 1. The molecule has 3 aromatic rings. The molecule has 3 aromatic heterocycles. The number of amides is 1. The standard InChI is InChI=1S/C24H31BrN6O2/c1-15-16(7-5-9-26-15)11-27-19-13-29-22-20(19)21(18(25)12-28-22)31-10-6-8-17(14-31)30-23(32)33-24(2,3)4/h5,7,9,12-13,17,27H,6,8,10-11,14H2,1-4H3,(H,28,29)(H,30,32)/t17-/m1/s1. The molecule has 9 heteroatoms. The number of nitrogens with one attached hydrogen (secondary N) is 3. The van der Waals surface area contributed by atoms with Crippen molar-refractivity contribution in [1.29, 1.82) is 0 Å². The van der Waals surface area contributed by atoms with Crippen molar-refractivity contribution in [2.75, 3.05) is 23.3 Å². The number of halogens is 1. The molecule has 0 aromatic carbocycles. The minimum atomic E-state index is -0.517. The van der Waals surface area contributed by atoms with Crippen LogP contribution in [0.5, 0.6) is 0 Å². The monoisotopic (exact) mass is 514 g/mol. The van der Waals surface area contributed by atoms with Gasteiger partial charge in [0.15, 0.2) is 0 Å². The van der Waals surface area contributed by atoms with Gasteiger partial charge in [0.05, 0.1) is 21.2 Å². The van der Waals surface area contributed by atoms with E-state index < -0.39 is 5.60 Å². The summed E-state index contributed by atoms with van der Waals surface area (Å²) in [7, 11) is 0. The number of ether oxygens (including phenoxy) is 1. The number of pyridine rings is 2. The van der Waals surface area contributed by atoms with Gasteiger partial charge in [-0.3, -0.25) is 4.98 Å². The Morgan fingerprint density at radius 2 is 2.18 bits per heavy atom. The smallest absolute Gasteiger partial charge is 0.407 e. The number of carbonyl (C=O) groups excluding carboxylic acids is 1. The van der Waals surface area contributed by atoms with E-state index in [1.54, 1.807) is 0 Å². The van der Waals surface area contributed by atoms with Crippen LogP contribution in [-0.4, -0.2) is 45.8 Å². The molecule has 4 rings (SSSR count). The molecule has 0 saturated carbocycles. The molecule has 1 fully saturated rings. The van der Waals surface area contributed by atoms with Gasteiger partial charge in [0.2, 0.25) is 0 Å². The summed E-state index contributed by atoms with van der Waals surface area (Å²) in [4.78, 5) is 26.9. The van der Waals surface area contributed by atoms with E-state index in [9.17, 15) is 4.79 Å². The Balaban J connectivity index is 1.56. The maximum atomic E-state index is 12.3. The minimum Gasteiger partial charge on any atom is -0.444 e. The van der Waals surface area contributed by atoms with Crippen LogP contribution in [0.3, 0.4) is 0 Å². The van der Waals surface area contributed by atoms with Crippen molar-refractivity contribution < 1.29 is 9.53 Å². The molecule has 0 spiro atoms. The van der Waals surface area contributed by atoms with Crippen molar-refractivity contribution in [2.45, 2.75) is 58.7 Å². The average Bonchev–Trinajstić information content (AvgIpc) is 3.15. The molecule has 0 radical (unpaired) electrons. The second-order valence-electron chi connectivity index (χ2n) is 9.41. The van der Waals surface area contributed by atoms with Crippen molar-refractivity contribution >= 4 is 44.4 Å². The van der Waals surface area contributed by atoms with Gasteiger partial charge < -0.3 is 25.3 Å². The van der Waals surface area contributed by atoms with E-state index in [4.69, 9.17) is 4.74 Å². The van der Waals surface area contributed by atoms with E-state index in [0.29, 0.717) is 13.1 Å². The fraction of sp³-hybridized carbons (Fsp3) is 0.458. The van der Waals surface area contributed by atoms with E-state index in [0.717, 1.165) is 57.5 Å². The van der Waals surface area contributed by atoms with Gasteiger partial charge in [-0.2, -0.15) is 0 Å².